The Morgan fingerprint density at radius 3 is 1.96 bits per heavy atom. The van der Waals surface area contributed by atoms with E-state index in [0.29, 0.717) is 0 Å². The molecule has 0 amide bonds. The zero-order valence-corrected chi connectivity index (χ0v) is 17.6. The summed E-state index contributed by atoms with van der Waals surface area (Å²) in [4.78, 5) is 2.42. The highest BCUT2D eigenvalue weighted by Gasteiger charge is 2.42. The van der Waals surface area contributed by atoms with Crippen LogP contribution in [0.4, 0.5) is 0 Å². The maximum Gasteiger partial charge on any atom is 0.159 e. The van der Waals surface area contributed by atoms with Crippen molar-refractivity contribution in [1.82, 2.24) is 4.90 Å². The second-order valence-electron chi connectivity index (χ2n) is 7.05. The van der Waals surface area contributed by atoms with Crippen molar-refractivity contribution in [3.05, 3.63) is 95.0 Å². The maximum absolute atomic E-state index is 14.6. The lowest BCUT2D eigenvalue weighted by molar-refractivity contribution is 0.300. The molecule has 1 aliphatic rings. The molecule has 1 heterocycles. The predicted molar refractivity (Wildman–Crippen MR) is 117 cm³/mol. The van der Waals surface area contributed by atoms with E-state index in [4.69, 9.17) is 0 Å². The molecular formula is C23H23BrNOP. The number of halogens is 1. The van der Waals surface area contributed by atoms with Crippen molar-refractivity contribution in [1.29, 1.82) is 0 Å². The topological polar surface area (TPSA) is 20.3 Å². The lowest BCUT2D eigenvalue weighted by atomic mass is 10.2. The van der Waals surface area contributed by atoms with Crippen LogP contribution in [0.2, 0.25) is 0 Å². The van der Waals surface area contributed by atoms with Gasteiger partial charge in [0.15, 0.2) is 7.14 Å². The van der Waals surface area contributed by atoms with Crippen LogP contribution in [0.1, 0.15) is 18.4 Å². The molecule has 2 nitrogen and oxygen atoms in total. The molecule has 1 fully saturated rings. The van der Waals surface area contributed by atoms with Crippen molar-refractivity contribution in [2.45, 2.75) is 25.2 Å². The second-order valence-corrected chi connectivity index (χ2v) is 10.9. The summed E-state index contributed by atoms with van der Waals surface area (Å²) in [5.41, 5.74) is 1.26. The Morgan fingerprint density at radius 2 is 1.41 bits per heavy atom. The van der Waals surface area contributed by atoms with Crippen LogP contribution >= 0.6 is 23.1 Å². The van der Waals surface area contributed by atoms with Crippen LogP contribution in [0.25, 0.3) is 0 Å². The van der Waals surface area contributed by atoms with Gasteiger partial charge in [0.2, 0.25) is 0 Å². The number of likely N-dealkylation sites (tertiary alicyclic amines) is 1. The third-order valence-electron chi connectivity index (χ3n) is 5.33. The molecule has 1 saturated heterocycles. The van der Waals surface area contributed by atoms with Gasteiger partial charge in [-0.15, -0.1) is 0 Å². The van der Waals surface area contributed by atoms with Gasteiger partial charge in [0.05, 0.1) is 5.78 Å². The Kier molecular flexibility index (Phi) is 5.63. The average Bonchev–Trinajstić information content (AvgIpc) is 3.19. The molecule has 0 saturated carbocycles. The van der Waals surface area contributed by atoms with Crippen LogP contribution in [0.15, 0.2) is 89.4 Å². The first-order valence-electron chi connectivity index (χ1n) is 9.37. The second kappa shape index (κ2) is 8.14. The number of nitrogens with zero attached hydrogens (tertiary/aromatic N) is 1. The van der Waals surface area contributed by atoms with Crippen molar-refractivity contribution < 1.29 is 4.57 Å². The first-order chi connectivity index (χ1) is 13.2. The van der Waals surface area contributed by atoms with Gasteiger partial charge < -0.3 is 4.57 Å². The molecule has 0 radical (unpaired) electrons. The summed E-state index contributed by atoms with van der Waals surface area (Å²) in [6.07, 6.45) is 2.06. The van der Waals surface area contributed by atoms with E-state index in [2.05, 4.69) is 45.1 Å². The standard InChI is InChI=1S/C23H23BrNOP/c24-20-15-13-19(14-16-20)18-25-17-7-12-23(25)27(26,21-8-3-1-4-9-21)22-10-5-2-6-11-22/h1-6,8-11,13-16,23H,7,12,17-18H2. The van der Waals surface area contributed by atoms with Crippen LogP contribution in [0, 0.1) is 0 Å². The van der Waals surface area contributed by atoms with Crippen molar-refractivity contribution >= 4 is 33.7 Å². The van der Waals surface area contributed by atoms with Crippen LogP contribution in [-0.2, 0) is 11.1 Å². The number of hydrogen-bond acceptors (Lipinski definition) is 2. The summed E-state index contributed by atoms with van der Waals surface area (Å²) < 4.78 is 15.7. The Balaban J connectivity index is 1.73. The normalized spacial score (nSPS) is 17.9. The Bertz CT molecular complexity index is 884. The number of benzene rings is 3. The van der Waals surface area contributed by atoms with Crippen LogP contribution in [-0.4, -0.2) is 17.2 Å². The summed E-state index contributed by atoms with van der Waals surface area (Å²) in [6.45, 7) is 1.83. The molecule has 27 heavy (non-hydrogen) atoms. The van der Waals surface area contributed by atoms with Crippen LogP contribution in [0.3, 0.4) is 0 Å². The Labute approximate surface area is 169 Å². The zero-order chi connectivity index (χ0) is 18.7. The van der Waals surface area contributed by atoms with E-state index in [9.17, 15) is 4.57 Å². The summed E-state index contributed by atoms with van der Waals surface area (Å²) >= 11 is 3.50. The molecule has 0 spiro atoms. The maximum atomic E-state index is 14.6. The summed E-state index contributed by atoms with van der Waals surface area (Å²) in [6, 6.07) is 28.6. The third-order valence-corrected chi connectivity index (χ3v) is 9.41. The van der Waals surface area contributed by atoms with Crippen LogP contribution in [0.5, 0.6) is 0 Å². The molecule has 3 aromatic carbocycles. The van der Waals surface area contributed by atoms with E-state index in [1.165, 1.54) is 5.56 Å². The van der Waals surface area contributed by atoms with Gasteiger partial charge in [-0.05, 0) is 37.1 Å². The predicted octanol–water partition coefficient (Wildman–Crippen LogP) is 5.39. The van der Waals surface area contributed by atoms with Crippen LogP contribution < -0.4 is 10.6 Å². The van der Waals surface area contributed by atoms with E-state index < -0.39 is 7.14 Å². The molecule has 0 aromatic heterocycles. The van der Waals surface area contributed by atoms with Gasteiger partial charge in [0.1, 0.15) is 0 Å². The first-order valence-corrected chi connectivity index (χ1v) is 11.9. The fourth-order valence-corrected chi connectivity index (χ4v) is 7.71. The molecule has 4 heteroatoms. The molecule has 0 bridgehead atoms. The smallest absolute Gasteiger partial charge is 0.159 e. The van der Waals surface area contributed by atoms with E-state index in [-0.39, 0.29) is 5.78 Å². The van der Waals surface area contributed by atoms with E-state index >= 15 is 0 Å². The lowest BCUT2D eigenvalue weighted by Crippen LogP contribution is -2.35. The molecule has 1 atom stereocenters. The molecular weight excluding hydrogens is 417 g/mol. The van der Waals surface area contributed by atoms with Crippen molar-refractivity contribution in [3.8, 4) is 0 Å². The molecule has 0 aliphatic carbocycles. The highest BCUT2D eigenvalue weighted by atomic mass is 79.9. The molecule has 3 aromatic rings. The molecule has 1 unspecified atom stereocenters. The summed E-state index contributed by atoms with van der Waals surface area (Å²) in [5, 5.41) is 1.92. The van der Waals surface area contributed by atoms with Gasteiger partial charge >= 0.3 is 0 Å². The quantitative estimate of drug-likeness (QED) is 0.497. The minimum absolute atomic E-state index is 0.0472. The van der Waals surface area contributed by atoms with Gasteiger partial charge in [-0.2, -0.15) is 0 Å². The minimum atomic E-state index is -2.76. The minimum Gasteiger partial charge on any atom is -0.312 e. The van der Waals surface area contributed by atoms with Gasteiger partial charge in [0.25, 0.3) is 0 Å². The summed E-state index contributed by atoms with van der Waals surface area (Å²) in [5.74, 6) is 0.0472. The Hall–Kier alpha value is -1.67. The van der Waals surface area contributed by atoms with Gasteiger partial charge in [-0.3, -0.25) is 4.90 Å². The number of hydrogen-bond donors (Lipinski definition) is 0. The number of rotatable bonds is 5. The van der Waals surface area contributed by atoms with Gasteiger partial charge in [-0.25, -0.2) is 0 Å². The first kappa shape index (κ1) is 18.7. The zero-order valence-electron chi connectivity index (χ0n) is 15.2. The average molecular weight is 440 g/mol. The van der Waals surface area contributed by atoms with Crippen molar-refractivity contribution in [3.63, 3.8) is 0 Å². The van der Waals surface area contributed by atoms with E-state index in [0.717, 1.165) is 41.0 Å². The highest BCUT2D eigenvalue weighted by Crippen LogP contribution is 2.53. The summed E-state index contributed by atoms with van der Waals surface area (Å²) in [7, 11) is -2.76. The lowest BCUT2D eigenvalue weighted by Gasteiger charge is -2.33. The van der Waals surface area contributed by atoms with Gasteiger partial charge in [-0.1, -0.05) is 88.7 Å². The Morgan fingerprint density at radius 1 is 0.852 bits per heavy atom. The SMILES string of the molecule is O=P(c1ccccc1)(c1ccccc1)C1CCCN1Cc1ccc(Br)cc1. The molecule has 138 valence electrons. The van der Waals surface area contributed by atoms with Gasteiger partial charge in [0, 0.05) is 21.6 Å². The highest BCUT2D eigenvalue weighted by molar-refractivity contribution is 9.10. The van der Waals surface area contributed by atoms with E-state index in [1.807, 2.05) is 60.7 Å². The molecule has 4 rings (SSSR count). The fourth-order valence-electron chi connectivity index (χ4n) is 4.02. The third kappa shape index (κ3) is 3.82. The molecule has 1 aliphatic heterocycles. The molecule has 0 N–H and O–H groups in total. The largest absolute Gasteiger partial charge is 0.312 e. The monoisotopic (exact) mass is 439 g/mol. The van der Waals surface area contributed by atoms with Crippen molar-refractivity contribution in [2.24, 2.45) is 0 Å². The van der Waals surface area contributed by atoms with Crippen molar-refractivity contribution in [2.75, 3.05) is 6.54 Å². The van der Waals surface area contributed by atoms with E-state index in [1.54, 1.807) is 0 Å². The fraction of sp³-hybridized carbons (Fsp3) is 0.217.